The number of carbonyl (C=O) groups is 1. The van der Waals surface area contributed by atoms with Gasteiger partial charge in [0, 0.05) is 6.42 Å². The molecule has 2 unspecified atom stereocenters. The van der Waals surface area contributed by atoms with E-state index in [9.17, 15) is 15.0 Å². The Morgan fingerprint density at radius 2 is 0.478 bits per heavy atom. The highest BCUT2D eigenvalue weighted by Crippen LogP contribution is 2.19. The number of unbranched alkanes of at least 4 members (excludes halogenated alkanes) is 53. The van der Waals surface area contributed by atoms with Gasteiger partial charge in [-0.25, -0.2) is 0 Å². The van der Waals surface area contributed by atoms with Gasteiger partial charge in [0.05, 0.1) is 18.8 Å². The van der Waals surface area contributed by atoms with Crippen LogP contribution in [0.25, 0.3) is 0 Å². The van der Waals surface area contributed by atoms with Crippen LogP contribution in [0.15, 0.2) is 0 Å². The van der Waals surface area contributed by atoms with Gasteiger partial charge in [0.1, 0.15) is 0 Å². The van der Waals surface area contributed by atoms with Crippen molar-refractivity contribution in [1.29, 1.82) is 0 Å². The average Bonchev–Trinajstić information content (AvgIpc) is 3.33. The van der Waals surface area contributed by atoms with Crippen LogP contribution in [0.2, 0.25) is 0 Å². The zero-order valence-electron chi connectivity index (χ0n) is 46.5. The first-order chi connectivity index (χ1) is 33.2. The van der Waals surface area contributed by atoms with Crippen molar-refractivity contribution in [3.05, 3.63) is 0 Å². The molecule has 0 aromatic heterocycles. The van der Waals surface area contributed by atoms with E-state index in [1.54, 1.807) is 0 Å². The highest BCUT2D eigenvalue weighted by atomic mass is 16.3. The van der Waals surface area contributed by atoms with Gasteiger partial charge in [-0.3, -0.25) is 4.79 Å². The van der Waals surface area contributed by atoms with Crippen molar-refractivity contribution in [2.45, 2.75) is 392 Å². The summed E-state index contributed by atoms with van der Waals surface area (Å²) in [6, 6.07) is -0.532. The lowest BCUT2D eigenvalue weighted by Crippen LogP contribution is -2.45. The van der Waals surface area contributed by atoms with Gasteiger partial charge in [-0.05, 0) is 12.8 Å². The first-order valence-electron chi connectivity index (χ1n) is 31.7. The molecule has 0 aromatic carbocycles. The number of rotatable bonds is 60. The standard InChI is InChI=1S/C63H127NO3/c1-3-5-7-9-11-13-15-17-19-21-23-25-26-27-28-29-30-31-32-33-34-35-36-37-38-39-41-43-45-47-49-51-53-55-57-59-63(67)64-61(60-65)62(66)58-56-54-52-50-48-46-44-42-40-24-22-20-18-16-14-12-10-8-6-4-2/h61-62,65-66H,3-60H2,1-2H3,(H,64,67). The van der Waals surface area contributed by atoms with E-state index in [1.165, 1.54) is 327 Å². The predicted octanol–water partition coefficient (Wildman–Crippen LogP) is 21.1. The number of aliphatic hydroxyl groups is 2. The van der Waals surface area contributed by atoms with Gasteiger partial charge < -0.3 is 15.5 Å². The summed E-state index contributed by atoms with van der Waals surface area (Å²) < 4.78 is 0. The molecule has 4 heteroatoms. The van der Waals surface area contributed by atoms with E-state index >= 15 is 0 Å². The summed E-state index contributed by atoms with van der Waals surface area (Å²) in [7, 11) is 0. The third kappa shape index (κ3) is 56.2. The SMILES string of the molecule is CCCCCCCCCCCCCCCCCCCCCCCCCCCCCCCCCCCCCC(=O)NC(CO)C(O)CCCCCCCCCCCCCCCCCCCCCC. The molecule has 0 aromatic rings. The summed E-state index contributed by atoms with van der Waals surface area (Å²) in [5.74, 6) is -0.0207. The minimum atomic E-state index is -0.655. The minimum absolute atomic E-state index is 0.0207. The molecule has 0 radical (unpaired) electrons. The molecule has 0 rings (SSSR count). The van der Waals surface area contributed by atoms with Gasteiger partial charge in [0.15, 0.2) is 0 Å². The fourth-order valence-corrected chi connectivity index (χ4v) is 10.5. The van der Waals surface area contributed by atoms with Crippen molar-refractivity contribution in [2.75, 3.05) is 6.61 Å². The molecule has 402 valence electrons. The molecule has 0 saturated carbocycles. The summed E-state index contributed by atoms with van der Waals surface area (Å²) in [5.41, 5.74) is 0. The highest BCUT2D eigenvalue weighted by molar-refractivity contribution is 5.76. The number of hydrogen-bond donors (Lipinski definition) is 3. The molecule has 2 atom stereocenters. The molecule has 0 aliphatic rings. The van der Waals surface area contributed by atoms with Crippen LogP contribution in [-0.4, -0.2) is 34.9 Å². The van der Waals surface area contributed by atoms with Crippen molar-refractivity contribution in [2.24, 2.45) is 0 Å². The molecule has 67 heavy (non-hydrogen) atoms. The van der Waals surface area contributed by atoms with Crippen LogP contribution in [0.4, 0.5) is 0 Å². The molecule has 0 aliphatic heterocycles. The van der Waals surface area contributed by atoms with Crippen molar-refractivity contribution >= 4 is 5.91 Å². The van der Waals surface area contributed by atoms with Crippen molar-refractivity contribution in [1.82, 2.24) is 5.32 Å². The predicted molar refractivity (Wildman–Crippen MR) is 300 cm³/mol. The largest absolute Gasteiger partial charge is 0.394 e. The average molecular weight is 947 g/mol. The van der Waals surface area contributed by atoms with E-state index in [0.29, 0.717) is 12.8 Å². The molecule has 0 saturated heterocycles. The van der Waals surface area contributed by atoms with Gasteiger partial charge in [-0.15, -0.1) is 0 Å². The van der Waals surface area contributed by atoms with Crippen LogP contribution in [0.1, 0.15) is 380 Å². The van der Waals surface area contributed by atoms with Gasteiger partial charge in [-0.1, -0.05) is 361 Å². The Kier molecular flexibility index (Phi) is 59.2. The number of carbonyl (C=O) groups excluding carboxylic acids is 1. The van der Waals surface area contributed by atoms with Crippen LogP contribution in [0, 0.1) is 0 Å². The number of amides is 1. The van der Waals surface area contributed by atoms with E-state index < -0.39 is 12.1 Å². The van der Waals surface area contributed by atoms with E-state index in [-0.39, 0.29) is 12.5 Å². The van der Waals surface area contributed by atoms with E-state index in [4.69, 9.17) is 0 Å². The zero-order valence-corrected chi connectivity index (χ0v) is 46.5. The number of hydrogen-bond acceptors (Lipinski definition) is 3. The van der Waals surface area contributed by atoms with Crippen LogP contribution in [0.3, 0.4) is 0 Å². The van der Waals surface area contributed by atoms with Gasteiger partial charge in [0.2, 0.25) is 5.91 Å². The Balaban J connectivity index is 3.35. The molecule has 0 spiro atoms. The molecule has 0 aliphatic carbocycles. The summed E-state index contributed by atoms with van der Waals surface area (Å²) >= 11 is 0. The summed E-state index contributed by atoms with van der Waals surface area (Å²) in [4.78, 5) is 12.5. The van der Waals surface area contributed by atoms with Crippen LogP contribution >= 0.6 is 0 Å². The molecule has 1 amide bonds. The summed E-state index contributed by atoms with van der Waals surface area (Å²) in [6.45, 7) is 4.41. The minimum Gasteiger partial charge on any atom is -0.394 e. The quantitative estimate of drug-likeness (QED) is 0.0532. The first kappa shape index (κ1) is 66.4. The van der Waals surface area contributed by atoms with E-state index in [0.717, 1.165) is 25.7 Å². The Bertz CT molecular complexity index is 894. The van der Waals surface area contributed by atoms with Crippen LogP contribution in [-0.2, 0) is 4.79 Å². The maximum Gasteiger partial charge on any atom is 0.220 e. The summed E-state index contributed by atoms with van der Waals surface area (Å²) in [5, 5.41) is 23.4. The monoisotopic (exact) mass is 946 g/mol. The lowest BCUT2D eigenvalue weighted by atomic mass is 10.0. The molecule has 4 nitrogen and oxygen atoms in total. The fraction of sp³-hybridized carbons (Fsp3) is 0.984. The Morgan fingerprint density at radius 3 is 0.672 bits per heavy atom. The Morgan fingerprint density at radius 1 is 0.299 bits per heavy atom. The second kappa shape index (κ2) is 59.7. The van der Waals surface area contributed by atoms with Crippen LogP contribution < -0.4 is 5.32 Å². The summed E-state index contributed by atoms with van der Waals surface area (Å²) in [6.07, 6.45) is 77.1. The normalized spacial score (nSPS) is 12.6. The smallest absolute Gasteiger partial charge is 0.220 e. The molecule has 0 bridgehead atoms. The van der Waals surface area contributed by atoms with E-state index in [2.05, 4.69) is 19.2 Å². The van der Waals surface area contributed by atoms with E-state index in [1.807, 2.05) is 0 Å². The number of nitrogens with one attached hydrogen (secondary N) is 1. The highest BCUT2D eigenvalue weighted by Gasteiger charge is 2.20. The molecule has 0 fully saturated rings. The molecular formula is C63H127NO3. The van der Waals surface area contributed by atoms with Crippen molar-refractivity contribution in [3.63, 3.8) is 0 Å². The first-order valence-corrected chi connectivity index (χ1v) is 31.7. The fourth-order valence-electron chi connectivity index (χ4n) is 10.5. The van der Waals surface area contributed by atoms with Crippen molar-refractivity contribution in [3.8, 4) is 0 Å². The number of aliphatic hydroxyl groups excluding tert-OH is 2. The topological polar surface area (TPSA) is 69.6 Å². The van der Waals surface area contributed by atoms with Gasteiger partial charge in [0.25, 0.3) is 0 Å². The third-order valence-electron chi connectivity index (χ3n) is 15.4. The Labute approximate surface area is 423 Å². The Hall–Kier alpha value is -0.610. The molecule has 0 heterocycles. The van der Waals surface area contributed by atoms with Gasteiger partial charge in [-0.2, -0.15) is 0 Å². The van der Waals surface area contributed by atoms with Gasteiger partial charge >= 0.3 is 0 Å². The third-order valence-corrected chi connectivity index (χ3v) is 15.4. The maximum absolute atomic E-state index is 12.5. The zero-order chi connectivity index (χ0) is 48.5. The second-order valence-electron chi connectivity index (χ2n) is 22.2. The molecular weight excluding hydrogens is 819 g/mol. The molecule has 3 N–H and O–H groups in total. The van der Waals surface area contributed by atoms with Crippen molar-refractivity contribution < 1.29 is 15.0 Å². The lowest BCUT2D eigenvalue weighted by molar-refractivity contribution is -0.123. The second-order valence-corrected chi connectivity index (χ2v) is 22.2. The van der Waals surface area contributed by atoms with Crippen LogP contribution in [0.5, 0.6) is 0 Å². The lowest BCUT2D eigenvalue weighted by Gasteiger charge is -2.22. The maximum atomic E-state index is 12.5.